The monoisotopic (exact) mass is 398 g/mol. The second kappa shape index (κ2) is 7.95. The van der Waals surface area contributed by atoms with E-state index in [0.717, 1.165) is 12.1 Å². The van der Waals surface area contributed by atoms with Gasteiger partial charge in [-0.3, -0.25) is 0 Å². The Morgan fingerprint density at radius 2 is 1.75 bits per heavy atom. The molecule has 2 rings (SSSR count). The van der Waals surface area contributed by atoms with Crippen LogP contribution in [0.5, 0.6) is 0 Å². The molecule has 0 fully saturated rings. The van der Waals surface area contributed by atoms with E-state index in [1.807, 2.05) is 0 Å². The summed E-state index contributed by atoms with van der Waals surface area (Å²) in [6.07, 6.45) is -3.79. The summed E-state index contributed by atoms with van der Waals surface area (Å²) in [6.45, 7) is 4.95. The molecule has 1 aromatic carbocycles. The van der Waals surface area contributed by atoms with Crippen molar-refractivity contribution in [2.75, 3.05) is 0 Å². The maximum atomic E-state index is 12.7. The van der Waals surface area contributed by atoms with E-state index in [4.69, 9.17) is 4.74 Å². The fourth-order valence-corrected chi connectivity index (χ4v) is 2.50. The summed E-state index contributed by atoms with van der Waals surface area (Å²) in [4.78, 5) is 23.4. The molecule has 2 aromatic rings. The number of nitrogens with zero attached hydrogens (tertiary/aromatic N) is 1. The topological polar surface area (TPSA) is 80.6 Å². The summed E-state index contributed by atoms with van der Waals surface area (Å²) in [5, 5.41) is 11.7. The van der Waals surface area contributed by atoms with Crippen LogP contribution >= 0.6 is 0 Å². The smallest absolute Gasteiger partial charge is 0.416 e. The van der Waals surface area contributed by atoms with E-state index in [9.17, 15) is 27.9 Å². The highest BCUT2D eigenvalue weighted by molar-refractivity contribution is 5.80. The SMILES string of the molecule is CC(C)(C)OC(=O)NC(Cc1cccn1-c1ccc(C(F)(F)F)cc1)C(=O)O. The number of aliphatic carboxylic acids is 1. The van der Waals surface area contributed by atoms with Gasteiger partial charge < -0.3 is 19.7 Å². The van der Waals surface area contributed by atoms with Crippen molar-refractivity contribution in [2.24, 2.45) is 0 Å². The molecular formula is C19H21F3N2O4. The Labute approximate surface area is 159 Å². The molecule has 1 amide bonds. The molecule has 0 saturated carbocycles. The molecule has 2 N–H and O–H groups in total. The highest BCUT2D eigenvalue weighted by atomic mass is 19.4. The van der Waals surface area contributed by atoms with Crippen LogP contribution in [0.3, 0.4) is 0 Å². The van der Waals surface area contributed by atoms with Crippen LogP contribution in [0.2, 0.25) is 0 Å². The van der Waals surface area contributed by atoms with Gasteiger partial charge in [-0.15, -0.1) is 0 Å². The highest BCUT2D eigenvalue weighted by Gasteiger charge is 2.30. The Hall–Kier alpha value is -2.97. The Morgan fingerprint density at radius 1 is 1.14 bits per heavy atom. The predicted molar refractivity (Wildman–Crippen MR) is 95.3 cm³/mol. The molecule has 6 nitrogen and oxygen atoms in total. The Bertz CT molecular complexity index is 836. The lowest BCUT2D eigenvalue weighted by Crippen LogP contribution is -2.44. The van der Waals surface area contributed by atoms with E-state index in [2.05, 4.69) is 5.32 Å². The number of carboxylic acid groups (broad SMARTS) is 1. The summed E-state index contributed by atoms with van der Waals surface area (Å²) in [7, 11) is 0. The number of carbonyl (C=O) groups excluding carboxylic acids is 1. The molecule has 0 aliphatic carbocycles. The number of ether oxygens (including phenoxy) is 1. The second-order valence-corrected chi connectivity index (χ2v) is 7.16. The van der Waals surface area contributed by atoms with Crippen molar-refractivity contribution in [3.8, 4) is 5.69 Å². The summed E-state index contributed by atoms with van der Waals surface area (Å²) in [6, 6.07) is 6.49. The number of aromatic nitrogens is 1. The van der Waals surface area contributed by atoms with Gasteiger partial charge in [-0.05, 0) is 57.2 Å². The molecule has 1 heterocycles. The largest absolute Gasteiger partial charge is 0.480 e. The number of rotatable bonds is 5. The number of carbonyl (C=O) groups is 2. The van der Waals surface area contributed by atoms with E-state index in [0.29, 0.717) is 11.4 Å². The molecule has 1 aromatic heterocycles. The number of hydrogen-bond acceptors (Lipinski definition) is 3. The number of benzene rings is 1. The standard InChI is InChI=1S/C19H21F3N2O4/c1-18(2,3)28-17(27)23-15(16(25)26)11-14-5-4-10-24(14)13-8-6-12(7-9-13)19(20,21)22/h4-10,15H,11H2,1-3H3,(H,23,27)(H,25,26). The van der Waals surface area contributed by atoms with Gasteiger partial charge in [-0.1, -0.05) is 0 Å². The summed E-state index contributed by atoms with van der Waals surface area (Å²) in [5.74, 6) is -1.26. The molecule has 28 heavy (non-hydrogen) atoms. The van der Waals surface area contributed by atoms with Gasteiger partial charge in [0.05, 0.1) is 5.56 Å². The molecule has 9 heteroatoms. The van der Waals surface area contributed by atoms with Crippen molar-refractivity contribution in [1.82, 2.24) is 9.88 Å². The molecule has 0 saturated heterocycles. The molecule has 0 bridgehead atoms. The normalized spacial score (nSPS) is 13.1. The molecule has 1 unspecified atom stereocenters. The van der Waals surface area contributed by atoms with Crippen LogP contribution in [0.4, 0.5) is 18.0 Å². The van der Waals surface area contributed by atoms with Crippen molar-refractivity contribution in [3.05, 3.63) is 53.9 Å². The Balaban J connectivity index is 2.19. The quantitative estimate of drug-likeness (QED) is 0.797. The fourth-order valence-electron chi connectivity index (χ4n) is 2.50. The number of carboxylic acids is 1. The van der Waals surface area contributed by atoms with Crippen molar-refractivity contribution < 1.29 is 32.6 Å². The molecule has 1 atom stereocenters. The maximum absolute atomic E-state index is 12.7. The van der Waals surface area contributed by atoms with Gasteiger partial charge in [-0.2, -0.15) is 13.2 Å². The lowest BCUT2D eigenvalue weighted by molar-refractivity contribution is -0.139. The van der Waals surface area contributed by atoms with E-state index in [1.165, 1.54) is 12.1 Å². The highest BCUT2D eigenvalue weighted by Crippen LogP contribution is 2.29. The first-order valence-corrected chi connectivity index (χ1v) is 8.43. The van der Waals surface area contributed by atoms with Crippen LogP contribution in [0.15, 0.2) is 42.6 Å². The summed E-state index contributed by atoms with van der Waals surface area (Å²) < 4.78 is 44.8. The fraction of sp³-hybridized carbons (Fsp3) is 0.368. The number of amides is 1. The molecule has 152 valence electrons. The van der Waals surface area contributed by atoms with Gasteiger partial charge >= 0.3 is 18.2 Å². The lowest BCUT2D eigenvalue weighted by atomic mass is 10.1. The number of alkyl halides is 3. The van der Waals surface area contributed by atoms with Gasteiger partial charge in [0.2, 0.25) is 0 Å². The zero-order valence-corrected chi connectivity index (χ0v) is 15.6. The number of nitrogens with one attached hydrogen (secondary N) is 1. The van der Waals surface area contributed by atoms with Crippen LogP contribution < -0.4 is 5.32 Å². The molecule has 0 aliphatic heterocycles. The third-order valence-corrected chi connectivity index (χ3v) is 3.71. The minimum absolute atomic E-state index is 0.0808. The molecule has 0 aliphatic rings. The van der Waals surface area contributed by atoms with Crippen LogP contribution in [0.25, 0.3) is 5.69 Å². The van der Waals surface area contributed by atoms with E-state index >= 15 is 0 Å². The molecule has 0 spiro atoms. The average molecular weight is 398 g/mol. The first-order valence-electron chi connectivity index (χ1n) is 8.43. The Kier molecular flexibility index (Phi) is 6.06. The first-order chi connectivity index (χ1) is 12.9. The van der Waals surface area contributed by atoms with E-state index < -0.39 is 35.4 Å². The van der Waals surface area contributed by atoms with Crippen LogP contribution in [-0.4, -0.2) is 33.4 Å². The second-order valence-electron chi connectivity index (χ2n) is 7.16. The van der Waals surface area contributed by atoms with Gasteiger partial charge in [0.25, 0.3) is 0 Å². The van der Waals surface area contributed by atoms with Crippen molar-refractivity contribution in [3.63, 3.8) is 0 Å². The molecule has 0 radical (unpaired) electrons. The van der Waals surface area contributed by atoms with Gasteiger partial charge in [0.1, 0.15) is 11.6 Å². The predicted octanol–water partition coefficient (Wildman–Crippen LogP) is 4.02. The van der Waals surface area contributed by atoms with Gasteiger partial charge in [0.15, 0.2) is 0 Å². The zero-order chi connectivity index (χ0) is 21.1. The van der Waals surface area contributed by atoms with Gasteiger partial charge in [0, 0.05) is 24.0 Å². The summed E-state index contributed by atoms with van der Waals surface area (Å²) >= 11 is 0. The van der Waals surface area contributed by atoms with Crippen molar-refractivity contribution in [2.45, 2.75) is 45.0 Å². The van der Waals surface area contributed by atoms with Crippen molar-refractivity contribution in [1.29, 1.82) is 0 Å². The van der Waals surface area contributed by atoms with Crippen molar-refractivity contribution >= 4 is 12.1 Å². The minimum atomic E-state index is -4.44. The molecular weight excluding hydrogens is 377 g/mol. The number of hydrogen-bond donors (Lipinski definition) is 2. The number of alkyl carbamates (subject to hydrolysis) is 1. The third-order valence-electron chi connectivity index (χ3n) is 3.71. The van der Waals surface area contributed by atoms with Gasteiger partial charge in [-0.25, -0.2) is 9.59 Å². The Morgan fingerprint density at radius 3 is 2.25 bits per heavy atom. The minimum Gasteiger partial charge on any atom is -0.480 e. The maximum Gasteiger partial charge on any atom is 0.416 e. The number of halogens is 3. The lowest BCUT2D eigenvalue weighted by Gasteiger charge is -2.22. The summed E-state index contributed by atoms with van der Waals surface area (Å²) in [5.41, 5.74) is -0.620. The zero-order valence-electron chi connectivity index (χ0n) is 15.6. The van der Waals surface area contributed by atoms with Crippen LogP contribution in [-0.2, 0) is 22.1 Å². The van der Waals surface area contributed by atoms with Crippen LogP contribution in [0.1, 0.15) is 32.0 Å². The average Bonchev–Trinajstić information content (AvgIpc) is 3.00. The third kappa shape index (κ3) is 5.77. The van der Waals surface area contributed by atoms with E-state index in [1.54, 1.807) is 43.7 Å². The van der Waals surface area contributed by atoms with Crippen LogP contribution in [0, 0.1) is 0 Å². The first kappa shape index (κ1) is 21.3. The van der Waals surface area contributed by atoms with E-state index in [-0.39, 0.29) is 6.42 Å².